The van der Waals surface area contributed by atoms with Gasteiger partial charge in [-0.3, -0.25) is 4.98 Å². The van der Waals surface area contributed by atoms with Crippen LogP contribution in [0.4, 0.5) is 0 Å². The van der Waals surface area contributed by atoms with Gasteiger partial charge in [0.1, 0.15) is 0 Å². The number of aromatic nitrogens is 1. The quantitative estimate of drug-likeness (QED) is 0.844. The summed E-state index contributed by atoms with van der Waals surface area (Å²) in [6.07, 6.45) is 4.98. The Labute approximate surface area is 117 Å². The molecular formula is C15H17BrN2. The van der Waals surface area contributed by atoms with Gasteiger partial charge in [0.25, 0.3) is 0 Å². The zero-order chi connectivity index (χ0) is 12.8. The van der Waals surface area contributed by atoms with Crippen molar-refractivity contribution in [1.29, 1.82) is 0 Å². The van der Waals surface area contributed by atoms with Crippen LogP contribution < -0.4 is 5.32 Å². The average Bonchev–Trinajstić information content (AvgIpc) is 2.39. The highest BCUT2D eigenvalue weighted by Crippen LogP contribution is 2.22. The first kappa shape index (κ1) is 13.2. The van der Waals surface area contributed by atoms with Crippen LogP contribution in [-0.2, 0) is 6.54 Å². The molecule has 0 radical (unpaired) electrons. The highest BCUT2D eigenvalue weighted by atomic mass is 79.9. The summed E-state index contributed by atoms with van der Waals surface area (Å²) in [5.41, 5.74) is 3.57. The summed E-state index contributed by atoms with van der Waals surface area (Å²) in [6.45, 7) is 4.09. The van der Waals surface area contributed by atoms with Gasteiger partial charge in [0.2, 0.25) is 0 Å². The van der Waals surface area contributed by atoms with Crippen LogP contribution in [0, 0.1) is 0 Å². The van der Waals surface area contributed by atoms with E-state index in [9.17, 15) is 0 Å². The summed E-state index contributed by atoms with van der Waals surface area (Å²) in [7, 11) is 0. The minimum absolute atomic E-state index is 0.878. The predicted molar refractivity (Wildman–Crippen MR) is 79.4 cm³/mol. The summed E-state index contributed by atoms with van der Waals surface area (Å²) >= 11 is 3.50. The molecule has 1 N–H and O–H groups in total. The Bertz CT molecular complexity index is 511. The van der Waals surface area contributed by atoms with Crippen LogP contribution in [0.2, 0.25) is 0 Å². The largest absolute Gasteiger partial charge is 0.313 e. The Morgan fingerprint density at radius 1 is 1.17 bits per heavy atom. The summed E-state index contributed by atoms with van der Waals surface area (Å²) in [6, 6.07) is 10.5. The fourth-order valence-electron chi connectivity index (χ4n) is 1.82. The van der Waals surface area contributed by atoms with Crippen LogP contribution in [0.25, 0.3) is 11.1 Å². The van der Waals surface area contributed by atoms with Crippen molar-refractivity contribution >= 4 is 15.9 Å². The number of pyridine rings is 1. The van der Waals surface area contributed by atoms with Crippen LogP contribution in [0.15, 0.2) is 47.2 Å². The summed E-state index contributed by atoms with van der Waals surface area (Å²) in [4.78, 5) is 4.31. The zero-order valence-electron chi connectivity index (χ0n) is 10.5. The van der Waals surface area contributed by atoms with Crippen molar-refractivity contribution in [3.8, 4) is 11.1 Å². The van der Waals surface area contributed by atoms with E-state index in [2.05, 4.69) is 51.4 Å². The lowest BCUT2D eigenvalue weighted by atomic mass is 10.1. The third-order valence-electron chi connectivity index (χ3n) is 2.71. The lowest BCUT2D eigenvalue weighted by molar-refractivity contribution is 0.674. The molecule has 0 aliphatic carbocycles. The van der Waals surface area contributed by atoms with Gasteiger partial charge in [-0.25, -0.2) is 0 Å². The second-order valence-corrected chi connectivity index (χ2v) is 5.18. The number of hydrogen-bond donors (Lipinski definition) is 1. The predicted octanol–water partition coefficient (Wildman–Crippen LogP) is 4.01. The highest BCUT2D eigenvalue weighted by molar-refractivity contribution is 9.10. The van der Waals surface area contributed by atoms with Gasteiger partial charge in [0.15, 0.2) is 0 Å². The Kier molecular flexibility index (Phi) is 4.90. The third-order valence-corrected chi connectivity index (χ3v) is 3.20. The molecule has 0 spiro atoms. The highest BCUT2D eigenvalue weighted by Gasteiger charge is 2.00. The minimum Gasteiger partial charge on any atom is -0.313 e. The van der Waals surface area contributed by atoms with Crippen molar-refractivity contribution in [1.82, 2.24) is 10.3 Å². The molecule has 0 amide bonds. The van der Waals surface area contributed by atoms with E-state index in [0.717, 1.165) is 29.5 Å². The summed E-state index contributed by atoms with van der Waals surface area (Å²) in [5, 5.41) is 3.39. The molecule has 18 heavy (non-hydrogen) atoms. The molecule has 1 aromatic carbocycles. The van der Waals surface area contributed by atoms with Gasteiger partial charge >= 0.3 is 0 Å². The van der Waals surface area contributed by atoms with Crippen molar-refractivity contribution < 1.29 is 0 Å². The van der Waals surface area contributed by atoms with Gasteiger partial charge in [-0.15, -0.1) is 0 Å². The molecule has 0 atom stereocenters. The van der Waals surface area contributed by atoms with Crippen LogP contribution in [-0.4, -0.2) is 11.5 Å². The minimum atomic E-state index is 0.878. The van der Waals surface area contributed by atoms with E-state index < -0.39 is 0 Å². The molecule has 0 unspecified atom stereocenters. The van der Waals surface area contributed by atoms with Crippen molar-refractivity contribution in [3.63, 3.8) is 0 Å². The Morgan fingerprint density at radius 2 is 2.06 bits per heavy atom. The van der Waals surface area contributed by atoms with Crippen LogP contribution in [0.1, 0.15) is 18.9 Å². The molecule has 0 saturated heterocycles. The third kappa shape index (κ3) is 3.65. The van der Waals surface area contributed by atoms with E-state index in [1.807, 2.05) is 24.5 Å². The van der Waals surface area contributed by atoms with Crippen molar-refractivity contribution in [2.24, 2.45) is 0 Å². The van der Waals surface area contributed by atoms with Gasteiger partial charge in [-0.05, 0) is 42.3 Å². The molecule has 0 aliphatic rings. The summed E-state index contributed by atoms with van der Waals surface area (Å²) < 4.78 is 1.09. The van der Waals surface area contributed by atoms with E-state index >= 15 is 0 Å². The standard InChI is InChI=1S/C15H17BrN2/c1-2-6-17-9-12-7-14(11-18-10-12)13-4-3-5-15(16)8-13/h3-5,7-8,10-11,17H,2,6,9H2,1H3. The molecule has 0 aliphatic heterocycles. The van der Waals surface area contributed by atoms with E-state index in [1.54, 1.807) is 0 Å². The second kappa shape index (κ2) is 6.66. The topological polar surface area (TPSA) is 24.9 Å². The molecule has 0 fully saturated rings. The smallest absolute Gasteiger partial charge is 0.0346 e. The molecule has 2 aromatic rings. The molecule has 1 heterocycles. The number of benzene rings is 1. The van der Waals surface area contributed by atoms with E-state index in [0.29, 0.717) is 0 Å². The first-order chi connectivity index (χ1) is 8.79. The monoisotopic (exact) mass is 304 g/mol. The number of rotatable bonds is 5. The fraction of sp³-hybridized carbons (Fsp3) is 0.267. The molecule has 2 nitrogen and oxygen atoms in total. The zero-order valence-corrected chi connectivity index (χ0v) is 12.1. The summed E-state index contributed by atoms with van der Waals surface area (Å²) in [5.74, 6) is 0. The average molecular weight is 305 g/mol. The molecule has 3 heteroatoms. The van der Waals surface area contributed by atoms with Crippen LogP contribution >= 0.6 is 15.9 Å². The van der Waals surface area contributed by atoms with Crippen molar-refractivity contribution in [3.05, 3.63) is 52.8 Å². The molecule has 2 rings (SSSR count). The molecule has 0 saturated carbocycles. The van der Waals surface area contributed by atoms with E-state index in [4.69, 9.17) is 0 Å². The first-order valence-electron chi connectivity index (χ1n) is 6.20. The van der Waals surface area contributed by atoms with Crippen LogP contribution in [0.5, 0.6) is 0 Å². The molecular weight excluding hydrogens is 288 g/mol. The molecule has 94 valence electrons. The van der Waals surface area contributed by atoms with Gasteiger partial charge in [-0.1, -0.05) is 35.0 Å². The Hall–Kier alpha value is -1.19. The van der Waals surface area contributed by atoms with E-state index in [-0.39, 0.29) is 0 Å². The lowest BCUT2D eigenvalue weighted by Gasteiger charge is -2.06. The van der Waals surface area contributed by atoms with Gasteiger partial charge in [0, 0.05) is 29.0 Å². The maximum absolute atomic E-state index is 4.31. The number of nitrogens with one attached hydrogen (secondary N) is 1. The number of nitrogens with zero attached hydrogens (tertiary/aromatic N) is 1. The molecule has 1 aromatic heterocycles. The van der Waals surface area contributed by atoms with E-state index in [1.165, 1.54) is 11.1 Å². The molecule has 0 bridgehead atoms. The first-order valence-corrected chi connectivity index (χ1v) is 6.99. The Morgan fingerprint density at radius 3 is 2.83 bits per heavy atom. The number of hydrogen-bond acceptors (Lipinski definition) is 2. The lowest BCUT2D eigenvalue weighted by Crippen LogP contribution is -2.13. The van der Waals surface area contributed by atoms with Gasteiger partial charge < -0.3 is 5.32 Å². The van der Waals surface area contributed by atoms with Crippen LogP contribution in [0.3, 0.4) is 0 Å². The normalized spacial score (nSPS) is 10.6. The maximum atomic E-state index is 4.31. The maximum Gasteiger partial charge on any atom is 0.0346 e. The van der Waals surface area contributed by atoms with Gasteiger partial charge in [-0.2, -0.15) is 0 Å². The Balaban J connectivity index is 2.16. The fourth-order valence-corrected chi connectivity index (χ4v) is 2.22. The second-order valence-electron chi connectivity index (χ2n) is 4.27. The number of halogens is 1. The van der Waals surface area contributed by atoms with Crippen molar-refractivity contribution in [2.45, 2.75) is 19.9 Å². The van der Waals surface area contributed by atoms with Crippen molar-refractivity contribution in [2.75, 3.05) is 6.54 Å². The SMILES string of the molecule is CCCNCc1cncc(-c2cccc(Br)c2)c1. The van der Waals surface area contributed by atoms with Gasteiger partial charge in [0.05, 0.1) is 0 Å².